The van der Waals surface area contributed by atoms with Gasteiger partial charge in [0.15, 0.2) is 0 Å². The Balaban J connectivity index is 1.73. The number of carbonyl (C=O) groups is 5. The summed E-state index contributed by atoms with van der Waals surface area (Å²) in [6.07, 6.45) is 1.07. The van der Waals surface area contributed by atoms with Crippen LogP contribution in [-0.2, 0) is 36.8 Å². The molecular weight excluding hydrogens is 522 g/mol. The van der Waals surface area contributed by atoms with Gasteiger partial charge in [-0.25, -0.2) is 0 Å². The van der Waals surface area contributed by atoms with Crippen molar-refractivity contribution in [1.29, 1.82) is 0 Å². The van der Waals surface area contributed by atoms with Crippen molar-refractivity contribution in [2.45, 2.75) is 43.8 Å². The van der Waals surface area contributed by atoms with Crippen LogP contribution in [-0.4, -0.2) is 74.6 Å². The van der Waals surface area contributed by atoms with Crippen molar-refractivity contribution in [1.82, 2.24) is 20.9 Å². The summed E-state index contributed by atoms with van der Waals surface area (Å²) in [5.41, 5.74) is 8.31. The van der Waals surface area contributed by atoms with Crippen LogP contribution in [0.25, 0.3) is 10.9 Å². The van der Waals surface area contributed by atoms with E-state index < -0.39 is 60.8 Å². The Morgan fingerprint density at radius 2 is 1.50 bits per heavy atom. The lowest BCUT2D eigenvalue weighted by Crippen LogP contribution is -2.56. The summed E-state index contributed by atoms with van der Waals surface area (Å²) in [7, 11) is 0. The molecule has 0 aliphatic carbocycles. The number of phenolic OH excluding ortho intramolecular Hbond substituents is 1. The molecule has 13 nitrogen and oxygen atoms in total. The first-order valence-electron chi connectivity index (χ1n) is 12.4. The van der Waals surface area contributed by atoms with Gasteiger partial charge in [-0.2, -0.15) is 0 Å². The molecule has 0 aliphatic rings. The van der Waals surface area contributed by atoms with E-state index in [-0.39, 0.29) is 25.0 Å². The number of hydrogen-bond acceptors (Lipinski definition) is 7. The van der Waals surface area contributed by atoms with Gasteiger partial charge in [-0.3, -0.25) is 24.0 Å². The Hall–Kier alpha value is -4.91. The highest BCUT2D eigenvalue weighted by atomic mass is 16.4. The quantitative estimate of drug-likeness (QED) is 0.134. The number of carboxylic acids is 2. The van der Waals surface area contributed by atoms with E-state index in [0.29, 0.717) is 5.56 Å². The van der Waals surface area contributed by atoms with E-state index in [1.807, 2.05) is 24.3 Å². The van der Waals surface area contributed by atoms with Gasteiger partial charge >= 0.3 is 11.9 Å². The fraction of sp³-hybridized carbons (Fsp3) is 0.296. The van der Waals surface area contributed by atoms with Crippen LogP contribution >= 0.6 is 0 Å². The number of carboxylic acid groups (broad SMARTS) is 2. The third-order valence-corrected chi connectivity index (χ3v) is 6.15. The molecule has 3 rings (SSSR count). The first-order valence-corrected chi connectivity index (χ1v) is 12.4. The van der Waals surface area contributed by atoms with E-state index in [1.54, 1.807) is 6.20 Å². The molecular formula is C27H31N5O8. The largest absolute Gasteiger partial charge is 0.508 e. The predicted octanol–water partition coefficient (Wildman–Crippen LogP) is 0.0212. The zero-order valence-electron chi connectivity index (χ0n) is 21.4. The van der Waals surface area contributed by atoms with Crippen LogP contribution in [0.15, 0.2) is 54.7 Å². The first-order chi connectivity index (χ1) is 19.0. The number of aromatic amines is 1. The minimum absolute atomic E-state index is 0.0138. The lowest BCUT2D eigenvalue weighted by molar-refractivity contribution is -0.138. The van der Waals surface area contributed by atoms with Gasteiger partial charge in [-0.1, -0.05) is 30.3 Å². The number of benzene rings is 2. The van der Waals surface area contributed by atoms with Crippen molar-refractivity contribution < 1.29 is 39.3 Å². The topological polar surface area (TPSA) is 224 Å². The summed E-state index contributed by atoms with van der Waals surface area (Å²) in [5, 5.41) is 35.6. The zero-order chi connectivity index (χ0) is 29.2. The second-order valence-corrected chi connectivity index (χ2v) is 9.21. The number of aromatic nitrogens is 1. The number of hydrogen-bond donors (Lipinski definition) is 8. The van der Waals surface area contributed by atoms with E-state index in [9.17, 15) is 29.1 Å². The molecule has 1 aromatic heterocycles. The number of amides is 3. The number of nitrogens with two attached hydrogens (primary N) is 1. The fourth-order valence-corrected chi connectivity index (χ4v) is 4.08. The third-order valence-electron chi connectivity index (χ3n) is 6.15. The van der Waals surface area contributed by atoms with Crippen LogP contribution in [0.5, 0.6) is 5.75 Å². The summed E-state index contributed by atoms with van der Waals surface area (Å²) in [6, 6.07) is 9.59. The maximum Gasteiger partial charge on any atom is 0.322 e. The number of H-pyrrole nitrogens is 1. The van der Waals surface area contributed by atoms with Crippen LogP contribution in [0.2, 0.25) is 0 Å². The van der Waals surface area contributed by atoms with Crippen LogP contribution in [0.3, 0.4) is 0 Å². The highest BCUT2D eigenvalue weighted by Crippen LogP contribution is 2.19. The molecule has 3 aromatic rings. The van der Waals surface area contributed by atoms with Crippen molar-refractivity contribution in [3.8, 4) is 5.75 Å². The highest BCUT2D eigenvalue weighted by Gasteiger charge is 2.29. The van der Waals surface area contributed by atoms with E-state index in [2.05, 4.69) is 20.9 Å². The van der Waals surface area contributed by atoms with Crippen molar-refractivity contribution in [3.05, 3.63) is 65.9 Å². The van der Waals surface area contributed by atoms with Crippen LogP contribution in [0, 0.1) is 0 Å². The second-order valence-electron chi connectivity index (χ2n) is 9.21. The Labute approximate surface area is 228 Å². The van der Waals surface area contributed by atoms with Crippen LogP contribution in [0.1, 0.15) is 24.0 Å². The molecule has 212 valence electrons. The average Bonchev–Trinajstić information content (AvgIpc) is 3.32. The van der Waals surface area contributed by atoms with Crippen molar-refractivity contribution in [2.24, 2.45) is 5.73 Å². The third kappa shape index (κ3) is 8.56. The number of phenols is 1. The molecule has 0 spiro atoms. The Kier molecular flexibility index (Phi) is 10.2. The Morgan fingerprint density at radius 1 is 0.825 bits per heavy atom. The van der Waals surface area contributed by atoms with E-state index in [0.717, 1.165) is 16.5 Å². The normalized spacial score (nSPS) is 13.1. The monoisotopic (exact) mass is 553 g/mol. The molecule has 40 heavy (non-hydrogen) atoms. The molecule has 3 amide bonds. The number of rotatable bonds is 14. The molecule has 3 unspecified atom stereocenters. The molecule has 13 heteroatoms. The number of aromatic hydroxyl groups is 1. The maximum absolute atomic E-state index is 13.2. The summed E-state index contributed by atoms with van der Waals surface area (Å²) in [6.45, 7) is -0.692. The van der Waals surface area contributed by atoms with Crippen molar-refractivity contribution in [2.75, 3.05) is 6.54 Å². The highest BCUT2D eigenvalue weighted by molar-refractivity contribution is 5.94. The minimum Gasteiger partial charge on any atom is -0.508 e. The van der Waals surface area contributed by atoms with Gasteiger partial charge in [0.25, 0.3) is 0 Å². The van der Waals surface area contributed by atoms with Crippen molar-refractivity contribution >= 4 is 40.6 Å². The Bertz CT molecular complexity index is 1370. The SMILES string of the molecule is NC(Cc1c[nH]c2ccccc12)C(=O)NC(CCC(=O)O)C(=O)NC(Cc1ccc(O)cc1)C(=O)NCC(=O)O. The number of aliphatic carboxylic acids is 2. The Morgan fingerprint density at radius 3 is 2.17 bits per heavy atom. The van der Waals surface area contributed by atoms with E-state index in [1.165, 1.54) is 24.3 Å². The molecule has 9 N–H and O–H groups in total. The lowest BCUT2D eigenvalue weighted by Gasteiger charge is -2.24. The molecule has 3 atom stereocenters. The lowest BCUT2D eigenvalue weighted by atomic mass is 10.0. The standard InChI is InChI=1S/C27H31N5O8/c28-19(12-16-13-29-20-4-2-1-3-18(16)20)25(38)31-21(9-10-23(34)35)27(40)32-22(26(39)30-14-24(36)37)11-15-5-7-17(33)8-6-15/h1-8,13,19,21-22,29,33H,9-12,14,28H2,(H,30,39)(H,31,38)(H,32,40)(H,34,35)(H,36,37). The molecule has 0 saturated carbocycles. The maximum atomic E-state index is 13.2. The van der Waals surface area contributed by atoms with Gasteiger partial charge in [-0.05, 0) is 42.2 Å². The smallest absolute Gasteiger partial charge is 0.322 e. The zero-order valence-corrected chi connectivity index (χ0v) is 21.4. The van der Waals surface area contributed by atoms with E-state index >= 15 is 0 Å². The van der Waals surface area contributed by atoms with Crippen LogP contribution < -0.4 is 21.7 Å². The average molecular weight is 554 g/mol. The molecule has 0 bridgehead atoms. The number of fused-ring (bicyclic) bond motifs is 1. The summed E-state index contributed by atoms with van der Waals surface area (Å²) < 4.78 is 0. The van der Waals surface area contributed by atoms with Gasteiger partial charge in [0, 0.05) is 29.9 Å². The molecule has 0 saturated heterocycles. The number of carbonyl (C=O) groups excluding carboxylic acids is 3. The molecule has 0 radical (unpaired) electrons. The number of para-hydroxylation sites is 1. The van der Waals surface area contributed by atoms with E-state index in [4.69, 9.17) is 15.9 Å². The number of nitrogens with one attached hydrogen (secondary N) is 4. The molecule has 1 heterocycles. The first kappa shape index (κ1) is 29.6. The molecule has 0 fully saturated rings. The van der Waals surface area contributed by atoms with Gasteiger partial charge in [-0.15, -0.1) is 0 Å². The molecule has 0 aliphatic heterocycles. The summed E-state index contributed by atoms with van der Waals surface area (Å²) in [4.78, 5) is 64.1. The minimum atomic E-state index is -1.34. The van der Waals surface area contributed by atoms with Gasteiger partial charge in [0.2, 0.25) is 17.7 Å². The van der Waals surface area contributed by atoms with Gasteiger partial charge in [0.1, 0.15) is 24.4 Å². The predicted molar refractivity (Wildman–Crippen MR) is 143 cm³/mol. The summed E-state index contributed by atoms with van der Waals surface area (Å²) >= 11 is 0. The fourth-order valence-electron chi connectivity index (χ4n) is 4.08. The van der Waals surface area contributed by atoms with Crippen LogP contribution in [0.4, 0.5) is 0 Å². The van der Waals surface area contributed by atoms with Crippen molar-refractivity contribution in [3.63, 3.8) is 0 Å². The summed E-state index contributed by atoms with van der Waals surface area (Å²) in [5.74, 6) is -4.85. The van der Waals surface area contributed by atoms with Gasteiger partial charge < -0.3 is 42.0 Å². The molecule has 2 aromatic carbocycles. The van der Waals surface area contributed by atoms with Gasteiger partial charge in [0.05, 0.1) is 6.04 Å². The second kappa shape index (κ2) is 13.8.